The highest BCUT2D eigenvalue weighted by Crippen LogP contribution is 2.37. The molecule has 0 unspecified atom stereocenters. The molecule has 2 aliphatic rings. The van der Waals surface area contributed by atoms with Gasteiger partial charge in [-0.05, 0) is 46.9 Å². The predicted octanol–water partition coefficient (Wildman–Crippen LogP) is 5.01. The Bertz CT molecular complexity index is 1200. The number of hydrogen-bond acceptors (Lipinski definition) is 5. The van der Waals surface area contributed by atoms with E-state index in [-0.39, 0.29) is 5.97 Å². The summed E-state index contributed by atoms with van der Waals surface area (Å²) in [6, 6.07) is 24.6. The van der Waals surface area contributed by atoms with E-state index in [1.54, 1.807) is 6.07 Å². The van der Waals surface area contributed by atoms with Crippen molar-refractivity contribution in [2.24, 2.45) is 0 Å². The summed E-state index contributed by atoms with van der Waals surface area (Å²) in [6.07, 6.45) is 3.24. The van der Waals surface area contributed by atoms with Crippen LogP contribution in [-0.2, 0) is 17.9 Å². The fourth-order valence-corrected chi connectivity index (χ4v) is 4.94. The van der Waals surface area contributed by atoms with Crippen LogP contribution in [0.3, 0.4) is 0 Å². The van der Waals surface area contributed by atoms with Gasteiger partial charge in [-0.2, -0.15) is 0 Å². The molecule has 1 saturated heterocycles. The number of hydrogen-bond donors (Lipinski definition) is 0. The second-order valence-electron chi connectivity index (χ2n) is 9.16. The molecule has 3 aromatic rings. The number of carbonyl (C=O) groups is 1. The van der Waals surface area contributed by atoms with Gasteiger partial charge in [-0.1, -0.05) is 60.7 Å². The number of methoxy groups -OCH3 is 1. The Morgan fingerprint density at radius 3 is 2.46 bits per heavy atom. The average Bonchev–Trinajstić information content (AvgIpc) is 3.06. The number of nitrogens with zero attached hydrogens (tertiary/aromatic N) is 2. The summed E-state index contributed by atoms with van der Waals surface area (Å²) in [5.74, 6) is 0.465. The molecule has 0 radical (unpaired) electrons. The number of piperazine rings is 1. The Hall–Kier alpha value is -3.41. The van der Waals surface area contributed by atoms with Gasteiger partial charge in [-0.25, -0.2) is 4.79 Å². The number of rotatable bonds is 6. The highest BCUT2D eigenvalue weighted by Gasteiger charge is 2.21. The van der Waals surface area contributed by atoms with Crippen LogP contribution in [0.1, 0.15) is 39.0 Å². The number of esters is 1. The van der Waals surface area contributed by atoms with Gasteiger partial charge in [0.15, 0.2) is 0 Å². The highest BCUT2D eigenvalue weighted by molar-refractivity contribution is 5.93. The fraction of sp³-hybridized carbons (Fsp3) is 0.300. The Morgan fingerprint density at radius 2 is 1.66 bits per heavy atom. The molecular weight excluding hydrogens is 436 g/mol. The summed E-state index contributed by atoms with van der Waals surface area (Å²) in [5, 5.41) is 0. The second-order valence-corrected chi connectivity index (χ2v) is 9.16. The average molecular weight is 469 g/mol. The molecule has 2 heterocycles. The number of carbonyl (C=O) groups excluding carboxylic acids is 1. The van der Waals surface area contributed by atoms with Crippen LogP contribution in [0.2, 0.25) is 0 Å². The maximum Gasteiger partial charge on any atom is 0.337 e. The van der Waals surface area contributed by atoms with E-state index >= 15 is 0 Å². The van der Waals surface area contributed by atoms with Gasteiger partial charge < -0.3 is 14.4 Å². The molecule has 0 spiro atoms. The summed E-state index contributed by atoms with van der Waals surface area (Å²) < 4.78 is 11.1. The first kappa shape index (κ1) is 23.3. The minimum absolute atomic E-state index is 0.335. The molecule has 2 aliphatic heterocycles. The third kappa shape index (κ3) is 5.47. The maximum absolute atomic E-state index is 12.2. The molecule has 0 amide bonds. The van der Waals surface area contributed by atoms with Gasteiger partial charge >= 0.3 is 5.97 Å². The summed E-state index contributed by atoms with van der Waals surface area (Å²) in [7, 11) is 1.41. The third-order valence-electron chi connectivity index (χ3n) is 6.89. The molecule has 5 heteroatoms. The molecule has 5 nitrogen and oxygen atoms in total. The second kappa shape index (κ2) is 10.9. The van der Waals surface area contributed by atoms with E-state index in [4.69, 9.17) is 9.47 Å². The molecule has 5 rings (SSSR count). The Morgan fingerprint density at radius 1 is 0.914 bits per heavy atom. The number of fused-ring (bicyclic) bond motifs is 2. The van der Waals surface area contributed by atoms with Crippen molar-refractivity contribution in [3.8, 4) is 5.75 Å². The standard InChI is InChI=1S/C30H32N2O3/c1-34-30(33)24-13-14-29-28(20-24)27(26-11-6-5-10-25(26)22-35-29)12-7-15-31-16-18-32(19-17-31)21-23-8-3-2-4-9-23/h2-6,8-14,20H,7,15-19,21-22H2,1H3. The van der Waals surface area contributed by atoms with Crippen molar-refractivity contribution in [2.75, 3.05) is 39.8 Å². The molecule has 0 aromatic heterocycles. The van der Waals surface area contributed by atoms with Gasteiger partial charge in [0.05, 0.1) is 12.7 Å². The Balaban J connectivity index is 1.30. The van der Waals surface area contributed by atoms with Crippen LogP contribution in [0.15, 0.2) is 78.9 Å². The van der Waals surface area contributed by atoms with Gasteiger partial charge in [0.1, 0.15) is 12.4 Å². The topological polar surface area (TPSA) is 42.0 Å². The van der Waals surface area contributed by atoms with Crippen molar-refractivity contribution < 1.29 is 14.3 Å². The SMILES string of the molecule is COC(=O)c1ccc2c(c1)C(=CCCN1CCN(Cc3ccccc3)CC1)c1ccccc1CO2. The highest BCUT2D eigenvalue weighted by atomic mass is 16.5. The van der Waals surface area contributed by atoms with Gasteiger partial charge in [-0.3, -0.25) is 4.90 Å². The first-order chi connectivity index (χ1) is 17.2. The van der Waals surface area contributed by atoms with E-state index in [1.807, 2.05) is 18.2 Å². The minimum atomic E-state index is -0.335. The summed E-state index contributed by atoms with van der Waals surface area (Å²) in [5.41, 5.74) is 6.32. The van der Waals surface area contributed by atoms with Crippen LogP contribution < -0.4 is 4.74 Å². The lowest BCUT2D eigenvalue weighted by molar-refractivity contribution is 0.0600. The van der Waals surface area contributed by atoms with Crippen molar-refractivity contribution in [2.45, 2.75) is 19.6 Å². The van der Waals surface area contributed by atoms with Crippen molar-refractivity contribution in [1.29, 1.82) is 0 Å². The van der Waals surface area contributed by atoms with E-state index in [9.17, 15) is 4.79 Å². The first-order valence-electron chi connectivity index (χ1n) is 12.3. The van der Waals surface area contributed by atoms with E-state index in [1.165, 1.54) is 18.2 Å². The zero-order valence-corrected chi connectivity index (χ0v) is 20.3. The Labute approximate surface area is 207 Å². The minimum Gasteiger partial charge on any atom is -0.488 e. The van der Waals surface area contributed by atoms with Crippen LogP contribution >= 0.6 is 0 Å². The predicted molar refractivity (Wildman–Crippen MR) is 138 cm³/mol. The molecule has 180 valence electrons. The van der Waals surface area contributed by atoms with Crippen LogP contribution in [0.4, 0.5) is 0 Å². The largest absolute Gasteiger partial charge is 0.488 e. The van der Waals surface area contributed by atoms with E-state index in [0.717, 1.165) is 68.1 Å². The lowest BCUT2D eigenvalue weighted by atomic mass is 9.92. The summed E-state index contributed by atoms with van der Waals surface area (Å²) in [4.78, 5) is 17.3. The molecule has 0 N–H and O–H groups in total. The van der Waals surface area contributed by atoms with E-state index in [0.29, 0.717) is 12.2 Å². The molecule has 3 aromatic carbocycles. The van der Waals surface area contributed by atoms with Crippen LogP contribution in [0.25, 0.3) is 5.57 Å². The van der Waals surface area contributed by atoms with Gasteiger partial charge in [0.2, 0.25) is 0 Å². The summed E-state index contributed by atoms with van der Waals surface area (Å²) >= 11 is 0. The zero-order valence-electron chi connectivity index (χ0n) is 20.3. The Kier molecular flexibility index (Phi) is 7.26. The van der Waals surface area contributed by atoms with E-state index < -0.39 is 0 Å². The molecule has 35 heavy (non-hydrogen) atoms. The van der Waals surface area contributed by atoms with Gasteiger partial charge in [0, 0.05) is 44.8 Å². The van der Waals surface area contributed by atoms with Crippen LogP contribution in [0.5, 0.6) is 5.75 Å². The molecule has 1 fully saturated rings. The fourth-order valence-electron chi connectivity index (χ4n) is 4.94. The molecule has 0 saturated carbocycles. The molecule has 0 atom stereocenters. The third-order valence-corrected chi connectivity index (χ3v) is 6.89. The smallest absolute Gasteiger partial charge is 0.337 e. The number of ether oxygens (including phenoxy) is 2. The maximum atomic E-state index is 12.2. The number of benzene rings is 3. The molecule has 0 aliphatic carbocycles. The van der Waals surface area contributed by atoms with Crippen molar-refractivity contribution in [3.63, 3.8) is 0 Å². The van der Waals surface area contributed by atoms with E-state index in [2.05, 4.69) is 64.4 Å². The van der Waals surface area contributed by atoms with Crippen molar-refractivity contribution >= 4 is 11.5 Å². The van der Waals surface area contributed by atoms with Crippen LogP contribution in [-0.4, -0.2) is 55.6 Å². The normalized spacial score (nSPS) is 17.2. The van der Waals surface area contributed by atoms with Crippen molar-refractivity contribution in [3.05, 3.63) is 107 Å². The van der Waals surface area contributed by atoms with Gasteiger partial charge in [0.25, 0.3) is 0 Å². The molecule has 0 bridgehead atoms. The van der Waals surface area contributed by atoms with Gasteiger partial charge in [-0.15, -0.1) is 0 Å². The molecular formula is C30H32N2O3. The van der Waals surface area contributed by atoms with Crippen LogP contribution in [0, 0.1) is 0 Å². The first-order valence-corrected chi connectivity index (χ1v) is 12.3. The summed E-state index contributed by atoms with van der Waals surface area (Å²) in [6.45, 7) is 6.90. The monoisotopic (exact) mass is 468 g/mol. The lowest BCUT2D eigenvalue weighted by Gasteiger charge is -2.34. The van der Waals surface area contributed by atoms with Crippen molar-refractivity contribution in [1.82, 2.24) is 9.80 Å². The quantitative estimate of drug-likeness (QED) is 0.476. The lowest BCUT2D eigenvalue weighted by Crippen LogP contribution is -2.46. The zero-order chi connectivity index (χ0) is 24.0.